The third kappa shape index (κ3) is 1.97. The number of pyridine rings is 1. The molecule has 2 aromatic rings. The molecule has 3 heterocycles. The van der Waals surface area contributed by atoms with Crippen molar-refractivity contribution in [2.75, 3.05) is 13.2 Å². The summed E-state index contributed by atoms with van der Waals surface area (Å²) in [5.74, 6) is 0.480. The zero-order valence-electron chi connectivity index (χ0n) is 9.87. The van der Waals surface area contributed by atoms with E-state index in [1.54, 1.807) is 24.5 Å². The van der Waals surface area contributed by atoms with E-state index < -0.39 is 5.97 Å². The SMILES string of the molecule is O=C(O)c1ccc2cnc(CC3CCOC3)n2c1. The molecule has 1 aliphatic heterocycles. The largest absolute Gasteiger partial charge is 0.478 e. The molecule has 0 amide bonds. The highest BCUT2D eigenvalue weighted by Crippen LogP contribution is 2.19. The van der Waals surface area contributed by atoms with Crippen LogP contribution in [0.25, 0.3) is 5.52 Å². The number of aromatic carboxylic acids is 1. The van der Waals surface area contributed by atoms with Crippen LogP contribution in [0.2, 0.25) is 0 Å². The molecule has 5 nitrogen and oxygen atoms in total. The highest BCUT2D eigenvalue weighted by Gasteiger charge is 2.18. The van der Waals surface area contributed by atoms with Gasteiger partial charge in [-0.25, -0.2) is 9.78 Å². The van der Waals surface area contributed by atoms with Crippen molar-refractivity contribution in [1.29, 1.82) is 0 Å². The van der Waals surface area contributed by atoms with Crippen LogP contribution in [0.4, 0.5) is 0 Å². The molecule has 0 aliphatic carbocycles. The van der Waals surface area contributed by atoms with Crippen LogP contribution >= 0.6 is 0 Å². The third-order valence-corrected chi connectivity index (χ3v) is 3.35. The van der Waals surface area contributed by atoms with Crippen LogP contribution < -0.4 is 0 Å². The molecular formula is C13H14N2O3. The van der Waals surface area contributed by atoms with Crippen LogP contribution in [-0.4, -0.2) is 33.7 Å². The molecule has 0 spiro atoms. The van der Waals surface area contributed by atoms with Gasteiger partial charge in [0.2, 0.25) is 0 Å². The van der Waals surface area contributed by atoms with Gasteiger partial charge in [0.1, 0.15) is 5.82 Å². The minimum atomic E-state index is -0.916. The van der Waals surface area contributed by atoms with Crippen LogP contribution in [0.15, 0.2) is 24.5 Å². The van der Waals surface area contributed by atoms with Crippen LogP contribution in [-0.2, 0) is 11.2 Å². The number of fused-ring (bicyclic) bond motifs is 1. The number of aromatic nitrogens is 2. The average molecular weight is 246 g/mol. The van der Waals surface area contributed by atoms with Crippen LogP contribution in [0.5, 0.6) is 0 Å². The fraction of sp³-hybridized carbons (Fsp3) is 0.385. The Bertz CT molecular complexity index is 585. The van der Waals surface area contributed by atoms with Gasteiger partial charge in [-0.2, -0.15) is 0 Å². The Morgan fingerprint density at radius 1 is 1.56 bits per heavy atom. The lowest BCUT2D eigenvalue weighted by Gasteiger charge is -2.07. The van der Waals surface area contributed by atoms with Gasteiger partial charge in [-0.15, -0.1) is 0 Å². The number of nitrogens with zero attached hydrogens (tertiary/aromatic N) is 2. The molecule has 3 rings (SSSR count). The molecule has 1 atom stereocenters. The van der Waals surface area contributed by atoms with E-state index in [0.717, 1.165) is 37.4 Å². The van der Waals surface area contributed by atoms with Crippen molar-refractivity contribution >= 4 is 11.5 Å². The molecule has 18 heavy (non-hydrogen) atoms. The maximum atomic E-state index is 11.0. The molecule has 0 saturated carbocycles. The third-order valence-electron chi connectivity index (χ3n) is 3.35. The van der Waals surface area contributed by atoms with E-state index >= 15 is 0 Å². The molecule has 1 saturated heterocycles. The number of carboxylic acid groups (broad SMARTS) is 1. The predicted octanol–water partition coefficient (Wildman–Crippen LogP) is 1.61. The number of hydrogen-bond donors (Lipinski definition) is 1. The Balaban J connectivity index is 1.95. The Morgan fingerprint density at radius 3 is 3.17 bits per heavy atom. The van der Waals surface area contributed by atoms with Crippen molar-refractivity contribution in [3.05, 3.63) is 35.9 Å². The van der Waals surface area contributed by atoms with Crippen LogP contribution in [0, 0.1) is 5.92 Å². The molecule has 1 aliphatic rings. The number of carboxylic acids is 1. The summed E-state index contributed by atoms with van der Waals surface area (Å²) in [5.41, 5.74) is 1.21. The van der Waals surface area contributed by atoms with Gasteiger partial charge in [-0.3, -0.25) is 0 Å². The summed E-state index contributed by atoms with van der Waals surface area (Å²) in [6, 6.07) is 3.38. The molecule has 0 aromatic carbocycles. The average Bonchev–Trinajstić information content (AvgIpc) is 2.99. The molecule has 1 N–H and O–H groups in total. The summed E-state index contributed by atoms with van der Waals surface area (Å²) in [4.78, 5) is 15.3. The zero-order valence-corrected chi connectivity index (χ0v) is 9.87. The van der Waals surface area contributed by atoms with E-state index in [9.17, 15) is 4.79 Å². The molecule has 0 radical (unpaired) electrons. The first kappa shape index (κ1) is 11.2. The first-order valence-corrected chi connectivity index (χ1v) is 6.01. The summed E-state index contributed by atoms with van der Waals surface area (Å²) in [5, 5.41) is 9.00. The minimum Gasteiger partial charge on any atom is -0.478 e. The Hall–Kier alpha value is -1.88. The lowest BCUT2D eigenvalue weighted by molar-refractivity contribution is 0.0696. The van der Waals surface area contributed by atoms with Crippen molar-refractivity contribution < 1.29 is 14.6 Å². The molecule has 94 valence electrons. The number of rotatable bonds is 3. The highest BCUT2D eigenvalue weighted by atomic mass is 16.5. The standard InChI is InChI=1S/C13H14N2O3/c16-13(17)10-1-2-11-6-14-12(15(11)7-10)5-9-3-4-18-8-9/h1-2,6-7,9H,3-5,8H2,(H,16,17). The number of imidazole rings is 1. The van der Waals surface area contributed by atoms with Crippen molar-refractivity contribution in [1.82, 2.24) is 9.38 Å². The molecule has 1 fully saturated rings. The highest BCUT2D eigenvalue weighted by molar-refractivity contribution is 5.87. The second kappa shape index (κ2) is 4.42. The lowest BCUT2D eigenvalue weighted by Crippen LogP contribution is -2.08. The van der Waals surface area contributed by atoms with Crippen LogP contribution in [0.3, 0.4) is 0 Å². The Morgan fingerprint density at radius 2 is 2.44 bits per heavy atom. The quantitative estimate of drug-likeness (QED) is 0.893. The summed E-state index contributed by atoms with van der Waals surface area (Å²) in [6.45, 7) is 1.59. The second-order valence-electron chi connectivity index (χ2n) is 4.63. The normalized spacial score (nSPS) is 19.4. The van der Waals surface area contributed by atoms with Crippen LogP contribution in [0.1, 0.15) is 22.6 Å². The van der Waals surface area contributed by atoms with E-state index in [0.29, 0.717) is 5.92 Å². The predicted molar refractivity (Wildman–Crippen MR) is 64.8 cm³/mol. The summed E-state index contributed by atoms with van der Waals surface area (Å²) >= 11 is 0. The van der Waals surface area contributed by atoms with Gasteiger partial charge in [-0.05, 0) is 24.5 Å². The topological polar surface area (TPSA) is 63.8 Å². The van der Waals surface area contributed by atoms with Crippen molar-refractivity contribution in [2.24, 2.45) is 5.92 Å². The number of ether oxygens (including phenoxy) is 1. The van der Waals surface area contributed by atoms with E-state index in [2.05, 4.69) is 4.98 Å². The summed E-state index contributed by atoms with van der Waals surface area (Å²) in [6.07, 6.45) is 5.29. The Kier molecular flexibility index (Phi) is 2.76. The van der Waals surface area contributed by atoms with Crippen molar-refractivity contribution in [2.45, 2.75) is 12.8 Å². The monoisotopic (exact) mass is 246 g/mol. The smallest absolute Gasteiger partial charge is 0.337 e. The van der Waals surface area contributed by atoms with E-state index in [-0.39, 0.29) is 5.56 Å². The molecule has 1 unspecified atom stereocenters. The van der Waals surface area contributed by atoms with Gasteiger partial charge in [0.25, 0.3) is 0 Å². The maximum Gasteiger partial charge on any atom is 0.337 e. The van der Waals surface area contributed by atoms with E-state index in [1.807, 2.05) is 4.40 Å². The van der Waals surface area contributed by atoms with Crippen molar-refractivity contribution in [3.8, 4) is 0 Å². The fourth-order valence-corrected chi connectivity index (χ4v) is 2.32. The Labute approximate surface area is 104 Å². The van der Waals surface area contributed by atoms with Crippen molar-refractivity contribution in [3.63, 3.8) is 0 Å². The second-order valence-corrected chi connectivity index (χ2v) is 4.63. The molecule has 0 bridgehead atoms. The minimum absolute atomic E-state index is 0.282. The van der Waals surface area contributed by atoms with E-state index in [4.69, 9.17) is 9.84 Å². The van der Waals surface area contributed by atoms with Gasteiger partial charge in [0.15, 0.2) is 0 Å². The fourth-order valence-electron chi connectivity index (χ4n) is 2.32. The van der Waals surface area contributed by atoms with Gasteiger partial charge < -0.3 is 14.2 Å². The van der Waals surface area contributed by atoms with Gasteiger partial charge in [0.05, 0.1) is 17.3 Å². The van der Waals surface area contributed by atoms with Gasteiger partial charge in [0, 0.05) is 25.8 Å². The van der Waals surface area contributed by atoms with Gasteiger partial charge in [-0.1, -0.05) is 0 Å². The van der Waals surface area contributed by atoms with Gasteiger partial charge >= 0.3 is 5.97 Å². The first-order chi connectivity index (χ1) is 8.74. The summed E-state index contributed by atoms with van der Waals surface area (Å²) < 4.78 is 7.21. The lowest BCUT2D eigenvalue weighted by atomic mass is 10.1. The molecule has 5 heteroatoms. The summed E-state index contributed by atoms with van der Waals surface area (Å²) in [7, 11) is 0. The number of hydrogen-bond acceptors (Lipinski definition) is 3. The molecular weight excluding hydrogens is 232 g/mol. The maximum absolute atomic E-state index is 11.0. The molecule has 2 aromatic heterocycles. The first-order valence-electron chi connectivity index (χ1n) is 6.01. The van der Waals surface area contributed by atoms with E-state index in [1.165, 1.54) is 0 Å². The zero-order chi connectivity index (χ0) is 12.5. The number of carbonyl (C=O) groups is 1.